The van der Waals surface area contributed by atoms with Gasteiger partial charge in [-0.2, -0.15) is 0 Å². The van der Waals surface area contributed by atoms with Gasteiger partial charge in [-0.3, -0.25) is 9.59 Å². The zero-order chi connectivity index (χ0) is 13.8. The lowest BCUT2D eigenvalue weighted by Crippen LogP contribution is -2.63. The molecule has 2 aliphatic rings. The summed E-state index contributed by atoms with van der Waals surface area (Å²) in [7, 11) is 0. The van der Waals surface area contributed by atoms with Crippen molar-refractivity contribution in [3.8, 4) is 0 Å². The van der Waals surface area contributed by atoms with Crippen LogP contribution in [0.1, 0.15) is 39.0 Å². The van der Waals surface area contributed by atoms with E-state index < -0.39 is 23.8 Å². The molecule has 19 heavy (non-hydrogen) atoms. The maximum atomic E-state index is 11.9. The Kier molecular flexibility index (Phi) is 4.39. The fourth-order valence-electron chi connectivity index (χ4n) is 2.76. The van der Waals surface area contributed by atoms with Crippen LogP contribution >= 0.6 is 0 Å². The number of rotatable bonds is 3. The second-order valence-electron chi connectivity index (χ2n) is 5.03. The van der Waals surface area contributed by atoms with Gasteiger partial charge in [-0.15, -0.1) is 0 Å². The molecule has 1 aliphatic heterocycles. The van der Waals surface area contributed by atoms with Crippen LogP contribution in [0.25, 0.3) is 0 Å². The Hall–Kier alpha value is -1.59. The summed E-state index contributed by atoms with van der Waals surface area (Å²) < 4.78 is 4.91. The lowest BCUT2D eigenvalue weighted by Gasteiger charge is -2.38. The fourth-order valence-corrected chi connectivity index (χ4v) is 2.76. The van der Waals surface area contributed by atoms with Crippen LogP contribution in [0.4, 0.5) is 0 Å². The molecule has 106 valence electrons. The molecule has 1 aliphatic carbocycles. The number of carbonyl (C=O) groups excluding carboxylic acids is 3. The van der Waals surface area contributed by atoms with Crippen molar-refractivity contribution in [1.29, 1.82) is 0 Å². The molecule has 1 unspecified atom stereocenters. The third-order valence-corrected chi connectivity index (χ3v) is 3.73. The van der Waals surface area contributed by atoms with Crippen molar-refractivity contribution in [2.45, 2.75) is 51.1 Å². The first-order valence-electron chi connectivity index (χ1n) is 6.91. The SMILES string of the molecule is CCOC(=O)C1CN(C2CCCCC2)C(=O)C(=O)N1. The van der Waals surface area contributed by atoms with Crippen molar-refractivity contribution in [1.82, 2.24) is 10.2 Å². The molecule has 0 aromatic heterocycles. The van der Waals surface area contributed by atoms with Crippen LogP contribution in [0.15, 0.2) is 0 Å². The predicted octanol–water partition coefficient (Wildman–Crippen LogP) is 0.209. The maximum Gasteiger partial charge on any atom is 0.330 e. The second kappa shape index (κ2) is 6.04. The van der Waals surface area contributed by atoms with Gasteiger partial charge in [-0.25, -0.2) is 4.79 Å². The van der Waals surface area contributed by atoms with Crippen molar-refractivity contribution in [3.05, 3.63) is 0 Å². The molecule has 2 fully saturated rings. The molecule has 0 aromatic rings. The van der Waals surface area contributed by atoms with Gasteiger partial charge in [0.1, 0.15) is 6.04 Å². The van der Waals surface area contributed by atoms with E-state index in [1.165, 1.54) is 6.42 Å². The average molecular weight is 268 g/mol. The summed E-state index contributed by atoms with van der Waals surface area (Å²) in [4.78, 5) is 36.8. The first-order valence-corrected chi connectivity index (χ1v) is 6.91. The molecule has 1 saturated heterocycles. The number of nitrogens with one attached hydrogen (secondary N) is 1. The lowest BCUT2D eigenvalue weighted by molar-refractivity contribution is -0.158. The highest BCUT2D eigenvalue weighted by Crippen LogP contribution is 2.24. The number of hydrogen-bond acceptors (Lipinski definition) is 4. The number of ether oxygens (including phenoxy) is 1. The van der Waals surface area contributed by atoms with E-state index in [2.05, 4.69) is 5.32 Å². The van der Waals surface area contributed by atoms with Crippen LogP contribution in [0.3, 0.4) is 0 Å². The van der Waals surface area contributed by atoms with Crippen molar-refractivity contribution < 1.29 is 19.1 Å². The normalized spacial score (nSPS) is 25.1. The summed E-state index contributed by atoms with van der Waals surface area (Å²) in [6.45, 7) is 2.21. The molecule has 2 amide bonds. The molecule has 0 spiro atoms. The Morgan fingerprint density at radius 3 is 2.63 bits per heavy atom. The summed E-state index contributed by atoms with van der Waals surface area (Å²) in [5.41, 5.74) is 0. The highest BCUT2D eigenvalue weighted by Gasteiger charge is 2.39. The molecule has 1 heterocycles. The van der Waals surface area contributed by atoms with E-state index in [0.717, 1.165) is 25.7 Å². The summed E-state index contributed by atoms with van der Waals surface area (Å²) in [6, 6.07) is -0.642. The number of esters is 1. The number of carbonyl (C=O) groups is 3. The summed E-state index contributed by atoms with van der Waals surface area (Å²) in [5, 5.41) is 2.42. The maximum absolute atomic E-state index is 11.9. The molecule has 1 saturated carbocycles. The highest BCUT2D eigenvalue weighted by atomic mass is 16.5. The number of piperazine rings is 1. The highest BCUT2D eigenvalue weighted by molar-refractivity contribution is 6.36. The van der Waals surface area contributed by atoms with Gasteiger partial charge in [0, 0.05) is 6.04 Å². The average Bonchev–Trinajstić information content (AvgIpc) is 2.43. The van der Waals surface area contributed by atoms with Crippen LogP contribution in [-0.4, -0.2) is 47.9 Å². The lowest BCUT2D eigenvalue weighted by atomic mass is 9.93. The first kappa shape index (κ1) is 13.8. The zero-order valence-electron chi connectivity index (χ0n) is 11.2. The summed E-state index contributed by atoms with van der Waals surface area (Å²) in [6.07, 6.45) is 5.13. The predicted molar refractivity (Wildman–Crippen MR) is 67.1 cm³/mol. The molecule has 2 rings (SSSR count). The van der Waals surface area contributed by atoms with Crippen LogP contribution in [-0.2, 0) is 19.1 Å². The third-order valence-electron chi connectivity index (χ3n) is 3.73. The molecule has 0 radical (unpaired) electrons. The van der Waals surface area contributed by atoms with Gasteiger partial charge < -0.3 is 15.0 Å². The van der Waals surface area contributed by atoms with Crippen molar-refractivity contribution in [2.24, 2.45) is 0 Å². The molecule has 6 heteroatoms. The Labute approximate surface area is 112 Å². The van der Waals surface area contributed by atoms with Gasteiger partial charge in [-0.05, 0) is 19.8 Å². The smallest absolute Gasteiger partial charge is 0.330 e. The monoisotopic (exact) mass is 268 g/mol. The molecule has 1 atom stereocenters. The van der Waals surface area contributed by atoms with Crippen molar-refractivity contribution >= 4 is 17.8 Å². The van der Waals surface area contributed by atoms with E-state index in [1.807, 2.05) is 0 Å². The largest absolute Gasteiger partial charge is 0.464 e. The van der Waals surface area contributed by atoms with E-state index in [1.54, 1.807) is 11.8 Å². The molecular weight excluding hydrogens is 248 g/mol. The van der Waals surface area contributed by atoms with Gasteiger partial charge in [-0.1, -0.05) is 19.3 Å². The molecule has 6 nitrogen and oxygen atoms in total. The molecule has 0 bridgehead atoms. The minimum atomic E-state index is -0.730. The van der Waals surface area contributed by atoms with E-state index >= 15 is 0 Å². The third kappa shape index (κ3) is 3.05. The van der Waals surface area contributed by atoms with Gasteiger partial charge in [0.25, 0.3) is 0 Å². The van der Waals surface area contributed by atoms with Crippen molar-refractivity contribution in [3.63, 3.8) is 0 Å². The minimum Gasteiger partial charge on any atom is -0.464 e. The zero-order valence-corrected chi connectivity index (χ0v) is 11.2. The van der Waals surface area contributed by atoms with Crippen LogP contribution in [0.5, 0.6) is 0 Å². The van der Waals surface area contributed by atoms with Gasteiger partial charge >= 0.3 is 17.8 Å². The quantitative estimate of drug-likeness (QED) is 0.586. The number of nitrogens with zero attached hydrogens (tertiary/aromatic N) is 1. The van der Waals surface area contributed by atoms with Crippen LogP contribution in [0.2, 0.25) is 0 Å². The summed E-state index contributed by atoms with van der Waals surface area (Å²) >= 11 is 0. The topological polar surface area (TPSA) is 75.7 Å². The Bertz CT molecular complexity index is 377. The number of hydrogen-bond donors (Lipinski definition) is 1. The van der Waals surface area contributed by atoms with Crippen molar-refractivity contribution in [2.75, 3.05) is 13.2 Å². The van der Waals surface area contributed by atoms with E-state index in [4.69, 9.17) is 4.74 Å². The van der Waals surface area contributed by atoms with Crippen LogP contribution < -0.4 is 5.32 Å². The van der Waals surface area contributed by atoms with Crippen LogP contribution in [0, 0.1) is 0 Å². The Morgan fingerprint density at radius 1 is 1.32 bits per heavy atom. The fraction of sp³-hybridized carbons (Fsp3) is 0.769. The molecule has 0 aromatic carbocycles. The molecular formula is C13H20N2O4. The minimum absolute atomic E-state index is 0.0872. The van der Waals surface area contributed by atoms with E-state index in [-0.39, 0.29) is 19.2 Å². The van der Waals surface area contributed by atoms with Gasteiger partial charge in [0.2, 0.25) is 0 Å². The molecule has 1 N–H and O–H groups in total. The standard InChI is InChI=1S/C13H20N2O4/c1-2-19-13(18)10-8-15(12(17)11(16)14-10)9-6-4-3-5-7-9/h9-10H,2-8H2,1H3,(H,14,16). The van der Waals surface area contributed by atoms with E-state index in [0.29, 0.717) is 0 Å². The summed E-state index contributed by atoms with van der Waals surface area (Å²) in [5.74, 6) is -1.69. The Morgan fingerprint density at radius 2 is 2.00 bits per heavy atom. The second-order valence-corrected chi connectivity index (χ2v) is 5.03. The number of amides is 2. The first-order chi connectivity index (χ1) is 9.13. The van der Waals surface area contributed by atoms with Gasteiger partial charge in [0.05, 0.1) is 13.2 Å². The van der Waals surface area contributed by atoms with Gasteiger partial charge in [0.15, 0.2) is 0 Å². The van der Waals surface area contributed by atoms with E-state index in [9.17, 15) is 14.4 Å². The Balaban J connectivity index is 2.06.